The van der Waals surface area contributed by atoms with Crippen LogP contribution in [0.1, 0.15) is 9.67 Å². The number of anilines is 1. The zero-order valence-electron chi connectivity index (χ0n) is 10.2. The minimum absolute atomic E-state index is 0.415. The second-order valence-electron chi connectivity index (χ2n) is 4.03. The van der Waals surface area contributed by atoms with Crippen LogP contribution in [0.3, 0.4) is 0 Å². The molecule has 0 atom stereocenters. The summed E-state index contributed by atoms with van der Waals surface area (Å²) >= 11 is 1.31. The van der Waals surface area contributed by atoms with Gasteiger partial charge in [-0.1, -0.05) is 18.2 Å². The molecular formula is C14H11NO3S. The number of benzene rings is 1. The first-order valence-corrected chi connectivity index (χ1v) is 6.46. The van der Waals surface area contributed by atoms with E-state index in [0.29, 0.717) is 10.6 Å². The number of hydrogen-bond acceptors (Lipinski definition) is 5. The Kier molecular flexibility index (Phi) is 2.76. The van der Waals surface area contributed by atoms with Gasteiger partial charge in [0.1, 0.15) is 16.7 Å². The third kappa shape index (κ3) is 1.88. The number of para-hydroxylation sites is 1. The Bertz CT molecular complexity index is 757. The van der Waals surface area contributed by atoms with Crippen molar-refractivity contribution in [2.45, 2.75) is 0 Å². The van der Waals surface area contributed by atoms with Crippen molar-refractivity contribution in [2.24, 2.45) is 0 Å². The molecule has 96 valence electrons. The molecule has 1 aromatic carbocycles. The quantitative estimate of drug-likeness (QED) is 0.725. The molecule has 5 heteroatoms. The van der Waals surface area contributed by atoms with E-state index >= 15 is 0 Å². The summed E-state index contributed by atoms with van der Waals surface area (Å²) in [6, 6.07) is 9.50. The Morgan fingerprint density at radius 3 is 2.95 bits per heavy atom. The summed E-state index contributed by atoms with van der Waals surface area (Å²) in [4.78, 5) is 12.9. The van der Waals surface area contributed by atoms with Crippen LogP contribution in [0.15, 0.2) is 41.0 Å². The van der Waals surface area contributed by atoms with Gasteiger partial charge in [-0.3, -0.25) is 0 Å². The number of nitrogen functional groups attached to an aromatic ring is 1. The Balaban J connectivity index is 2.15. The molecule has 2 heterocycles. The Hall–Kier alpha value is -2.27. The Labute approximate surface area is 113 Å². The molecule has 0 saturated heterocycles. The lowest BCUT2D eigenvalue weighted by Gasteiger charge is -1.94. The van der Waals surface area contributed by atoms with Crippen molar-refractivity contribution in [3.63, 3.8) is 0 Å². The number of carbonyl (C=O) groups excluding carboxylic acids is 1. The molecule has 0 aliphatic carbocycles. The molecule has 0 aliphatic rings. The van der Waals surface area contributed by atoms with E-state index in [0.717, 1.165) is 21.4 Å². The summed E-state index contributed by atoms with van der Waals surface area (Å²) in [5.74, 6) is -0.415. The van der Waals surface area contributed by atoms with Crippen LogP contribution in [0, 0.1) is 0 Å². The third-order valence-corrected chi connectivity index (χ3v) is 4.04. The summed E-state index contributed by atoms with van der Waals surface area (Å²) in [5, 5.41) is 1.00. The lowest BCUT2D eigenvalue weighted by Crippen LogP contribution is -2.00. The number of hydrogen-bond donors (Lipinski definition) is 1. The van der Waals surface area contributed by atoms with E-state index < -0.39 is 5.97 Å². The van der Waals surface area contributed by atoms with E-state index in [2.05, 4.69) is 0 Å². The summed E-state index contributed by atoms with van der Waals surface area (Å²) in [5.41, 5.74) is 8.02. The van der Waals surface area contributed by atoms with Gasteiger partial charge in [0.25, 0.3) is 0 Å². The Morgan fingerprint density at radius 1 is 1.37 bits per heavy atom. The van der Waals surface area contributed by atoms with Crippen LogP contribution in [0.4, 0.5) is 5.69 Å². The van der Waals surface area contributed by atoms with Crippen molar-refractivity contribution in [2.75, 3.05) is 12.8 Å². The number of furan rings is 1. The number of methoxy groups -OCH3 is 1. The average molecular weight is 273 g/mol. The Morgan fingerprint density at radius 2 is 2.16 bits per heavy atom. The van der Waals surface area contributed by atoms with E-state index in [9.17, 15) is 4.79 Å². The highest BCUT2D eigenvalue weighted by molar-refractivity contribution is 7.18. The molecule has 2 aromatic heterocycles. The maximum Gasteiger partial charge on any atom is 0.350 e. The van der Waals surface area contributed by atoms with Crippen molar-refractivity contribution in [3.05, 3.63) is 41.5 Å². The number of fused-ring (bicyclic) bond motifs is 1. The van der Waals surface area contributed by atoms with Crippen LogP contribution in [0.2, 0.25) is 0 Å². The van der Waals surface area contributed by atoms with Crippen molar-refractivity contribution in [3.8, 4) is 10.4 Å². The van der Waals surface area contributed by atoms with Gasteiger partial charge < -0.3 is 14.9 Å². The van der Waals surface area contributed by atoms with Gasteiger partial charge in [-0.15, -0.1) is 11.3 Å². The van der Waals surface area contributed by atoms with Crippen LogP contribution in [0.5, 0.6) is 0 Å². The first-order valence-electron chi connectivity index (χ1n) is 5.65. The second kappa shape index (κ2) is 4.44. The summed E-state index contributed by atoms with van der Waals surface area (Å²) in [7, 11) is 1.34. The van der Waals surface area contributed by atoms with E-state index in [4.69, 9.17) is 14.9 Å². The van der Waals surface area contributed by atoms with Crippen LogP contribution in [0.25, 0.3) is 21.4 Å². The van der Waals surface area contributed by atoms with E-state index in [1.54, 1.807) is 12.3 Å². The normalized spacial score (nSPS) is 10.8. The molecule has 0 aliphatic heterocycles. The zero-order chi connectivity index (χ0) is 13.4. The van der Waals surface area contributed by atoms with Crippen LogP contribution < -0.4 is 5.73 Å². The highest BCUT2D eigenvalue weighted by atomic mass is 32.1. The van der Waals surface area contributed by atoms with Crippen molar-refractivity contribution >= 4 is 34.0 Å². The molecule has 3 rings (SSSR count). The van der Waals surface area contributed by atoms with Crippen molar-refractivity contribution < 1.29 is 13.9 Å². The first-order chi connectivity index (χ1) is 9.20. The van der Waals surface area contributed by atoms with Crippen LogP contribution >= 0.6 is 11.3 Å². The van der Waals surface area contributed by atoms with Gasteiger partial charge in [-0.25, -0.2) is 4.79 Å². The first kappa shape index (κ1) is 11.8. The lowest BCUT2D eigenvalue weighted by atomic mass is 10.1. The monoisotopic (exact) mass is 273 g/mol. The minimum atomic E-state index is -0.415. The van der Waals surface area contributed by atoms with Gasteiger partial charge >= 0.3 is 5.97 Å². The number of esters is 1. The van der Waals surface area contributed by atoms with Gasteiger partial charge in [0.05, 0.1) is 12.8 Å². The molecule has 0 spiro atoms. The molecule has 19 heavy (non-hydrogen) atoms. The molecule has 4 nitrogen and oxygen atoms in total. The zero-order valence-corrected chi connectivity index (χ0v) is 11.0. The van der Waals surface area contributed by atoms with Crippen LogP contribution in [-0.4, -0.2) is 13.1 Å². The fraction of sp³-hybridized carbons (Fsp3) is 0.0714. The third-order valence-electron chi connectivity index (χ3n) is 2.88. The smallest absolute Gasteiger partial charge is 0.350 e. The summed E-state index contributed by atoms with van der Waals surface area (Å²) in [6.45, 7) is 0. The lowest BCUT2D eigenvalue weighted by molar-refractivity contribution is 0.0607. The standard InChI is InChI=1S/C14H11NO3S/c1-17-14(16)13-10(15)6-12(19-13)9-7-18-11-5-3-2-4-8(9)11/h2-7H,15H2,1H3. The molecule has 0 saturated carbocycles. The molecule has 0 unspecified atom stereocenters. The number of thiophene rings is 1. The molecule has 0 radical (unpaired) electrons. The number of carbonyl (C=O) groups is 1. The van der Waals surface area contributed by atoms with Gasteiger partial charge in [0, 0.05) is 15.8 Å². The molecule has 0 amide bonds. The van der Waals surface area contributed by atoms with E-state index in [1.807, 2.05) is 24.3 Å². The largest absolute Gasteiger partial charge is 0.465 e. The van der Waals surface area contributed by atoms with Gasteiger partial charge in [-0.05, 0) is 12.1 Å². The van der Waals surface area contributed by atoms with Crippen LogP contribution in [-0.2, 0) is 4.74 Å². The summed E-state index contributed by atoms with van der Waals surface area (Å²) in [6.07, 6.45) is 1.68. The minimum Gasteiger partial charge on any atom is -0.465 e. The van der Waals surface area contributed by atoms with Crippen molar-refractivity contribution in [1.82, 2.24) is 0 Å². The highest BCUT2D eigenvalue weighted by Gasteiger charge is 2.17. The van der Waals surface area contributed by atoms with Gasteiger partial charge in [0.15, 0.2) is 0 Å². The SMILES string of the molecule is COC(=O)c1sc(-c2coc3ccccc23)cc1N. The molecule has 2 N–H and O–H groups in total. The number of nitrogens with two attached hydrogens (primary N) is 1. The fourth-order valence-electron chi connectivity index (χ4n) is 1.96. The fourth-order valence-corrected chi connectivity index (χ4v) is 2.98. The van der Waals surface area contributed by atoms with Crippen molar-refractivity contribution in [1.29, 1.82) is 0 Å². The number of ether oxygens (including phenoxy) is 1. The van der Waals surface area contributed by atoms with Gasteiger partial charge in [-0.2, -0.15) is 0 Å². The maximum absolute atomic E-state index is 11.6. The van der Waals surface area contributed by atoms with E-state index in [1.165, 1.54) is 18.4 Å². The molecule has 3 aromatic rings. The highest BCUT2D eigenvalue weighted by Crippen LogP contribution is 2.38. The molecular weight excluding hydrogens is 262 g/mol. The average Bonchev–Trinajstić information content (AvgIpc) is 3.01. The topological polar surface area (TPSA) is 65.5 Å². The predicted octanol–water partition coefficient (Wildman–Crippen LogP) is 3.53. The molecule has 0 bridgehead atoms. The van der Waals surface area contributed by atoms with Gasteiger partial charge in [0.2, 0.25) is 0 Å². The summed E-state index contributed by atoms with van der Waals surface area (Å²) < 4.78 is 10.2. The molecule has 0 fully saturated rings. The maximum atomic E-state index is 11.6. The number of rotatable bonds is 2. The second-order valence-corrected chi connectivity index (χ2v) is 5.08. The predicted molar refractivity (Wildman–Crippen MR) is 75.3 cm³/mol. The van der Waals surface area contributed by atoms with E-state index in [-0.39, 0.29) is 0 Å².